The van der Waals surface area contributed by atoms with Crippen LogP contribution in [-0.4, -0.2) is 24.5 Å². The van der Waals surface area contributed by atoms with Gasteiger partial charge in [0.25, 0.3) is 0 Å². The van der Waals surface area contributed by atoms with Gasteiger partial charge in [-0.3, -0.25) is 0 Å². The first-order chi connectivity index (χ1) is 9.15. The smallest absolute Gasteiger partial charge is 0.0476 e. The maximum absolute atomic E-state index is 6.35. The normalized spacial score (nSPS) is 17.1. The summed E-state index contributed by atoms with van der Waals surface area (Å²) >= 11 is 8.28. The summed E-state index contributed by atoms with van der Waals surface area (Å²) in [5.74, 6) is 0. The minimum absolute atomic E-state index is 0.479. The van der Waals surface area contributed by atoms with Crippen molar-refractivity contribution >= 4 is 23.4 Å². The molecule has 0 amide bonds. The van der Waals surface area contributed by atoms with Gasteiger partial charge in [0.05, 0.1) is 0 Å². The Morgan fingerprint density at radius 2 is 2.11 bits per heavy atom. The lowest BCUT2D eigenvalue weighted by Gasteiger charge is -2.21. The Kier molecular flexibility index (Phi) is 6.02. The molecule has 19 heavy (non-hydrogen) atoms. The van der Waals surface area contributed by atoms with Gasteiger partial charge in [-0.05, 0) is 30.5 Å². The van der Waals surface area contributed by atoms with E-state index in [1.165, 1.54) is 10.5 Å². The van der Waals surface area contributed by atoms with Crippen LogP contribution in [0.15, 0.2) is 23.1 Å². The number of nitrogens with one attached hydrogen (secondary N) is 1. The molecule has 0 atom stereocenters. The van der Waals surface area contributed by atoms with E-state index < -0.39 is 0 Å². The third-order valence-electron chi connectivity index (χ3n) is 3.20. The summed E-state index contributed by atoms with van der Waals surface area (Å²) in [7, 11) is 0. The molecule has 106 valence electrons. The van der Waals surface area contributed by atoms with Crippen LogP contribution in [-0.2, 0) is 11.3 Å². The molecule has 0 spiro atoms. The van der Waals surface area contributed by atoms with Gasteiger partial charge < -0.3 is 10.1 Å². The van der Waals surface area contributed by atoms with Crippen LogP contribution in [0.25, 0.3) is 0 Å². The first kappa shape index (κ1) is 15.2. The number of thioether (sulfide) groups is 1. The Labute approximate surface area is 125 Å². The zero-order chi connectivity index (χ0) is 13.7. The third kappa shape index (κ3) is 4.99. The predicted molar refractivity (Wildman–Crippen MR) is 83.1 cm³/mol. The second kappa shape index (κ2) is 7.53. The van der Waals surface area contributed by atoms with Crippen molar-refractivity contribution in [3.05, 3.63) is 28.8 Å². The van der Waals surface area contributed by atoms with Crippen molar-refractivity contribution in [1.82, 2.24) is 5.32 Å². The van der Waals surface area contributed by atoms with Gasteiger partial charge >= 0.3 is 0 Å². The largest absolute Gasteiger partial charge is 0.381 e. The molecule has 1 aromatic rings. The van der Waals surface area contributed by atoms with Crippen molar-refractivity contribution in [2.45, 2.75) is 49.4 Å². The molecule has 0 aromatic heterocycles. The standard InChI is InChI=1S/C15H22ClNOS/c1-11(2)17-10-12-3-4-14(9-15(12)16)19-13-5-7-18-8-6-13/h3-4,9,11,13,17H,5-8,10H2,1-2H3. The Hall–Kier alpha value is -0.220. The molecule has 1 heterocycles. The minimum atomic E-state index is 0.479. The van der Waals surface area contributed by atoms with Gasteiger partial charge in [0.15, 0.2) is 0 Å². The van der Waals surface area contributed by atoms with Crippen LogP contribution in [0.4, 0.5) is 0 Å². The Bertz CT molecular complexity index is 405. The fourth-order valence-electron chi connectivity index (χ4n) is 2.05. The van der Waals surface area contributed by atoms with E-state index in [2.05, 4.69) is 37.4 Å². The molecule has 4 heteroatoms. The van der Waals surface area contributed by atoms with Gasteiger partial charge in [0.2, 0.25) is 0 Å². The zero-order valence-electron chi connectivity index (χ0n) is 11.6. The lowest BCUT2D eigenvalue weighted by molar-refractivity contribution is 0.100. The summed E-state index contributed by atoms with van der Waals surface area (Å²) in [6.07, 6.45) is 2.28. The average Bonchev–Trinajstić information content (AvgIpc) is 2.39. The number of rotatable bonds is 5. The van der Waals surface area contributed by atoms with Crippen LogP contribution in [0.5, 0.6) is 0 Å². The van der Waals surface area contributed by atoms with E-state index in [4.69, 9.17) is 16.3 Å². The number of halogens is 1. The topological polar surface area (TPSA) is 21.3 Å². The van der Waals surface area contributed by atoms with E-state index in [-0.39, 0.29) is 0 Å². The maximum Gasteiger partial charge on any atom is 0.0476 e. The lowest BCUT2D eigenvalue weighted by atomic mass is 10.2. The molecule has 1 saturated heterocycles. The summed E-state index contributed by atoms with van der Waals surface area (Å²) in [5.41, 5.74) is 1.17. The van der Waals surface area contributed by atoms with Crippen molar-refractivity contribution in [2.24, 2.45) is 0 Å². The zero-order valence-corrected chi connectivity index (χ0v) is 13.2. The molecule has 1 N–H and O–H groups in total. The number of ether oxygens (including phenoxy) is 1. The summed E-state index contributed by atoms with van der Waals surface area (Å²) in [4.78, 5) is 1.27. The minimum Gasteiger partial charge on any atom is -0.381 e. The molecule has 2 rings (SSSR count). The van der Waals surface area contributed by atoms with Crippen LogP contribution in [0.2, 0.25) is 5.02 Å². The Morgan fingerprint density at radius 1 is 1.37 bits per heavy atom. The Morgan fingerprint density at radius 3 is 2.74 bits per heavy atom. The molecule has 0 aliphatic carbocycles. The van der Waals surface area contributed by atoms with E-state index in [1.54, 1.807) is 0 Å². The van der Waals surface area contributed by atoms with E-state index in [9.17, 15) is 0 Å². The molecular formula is C15H22ClNOS. The molecule has 0 bridgehead atoms. The van der Waals surface area contributed by atoms with E-state index in [1.807, 2.05) is 11.8 Å². The summed E-state index contributed by atoms with van der Waals surface area (Å²) in [6.45, 7) is 6.90. The van der Waals surface area contributed by atoms with Gasteiger partial charge in [-0.15, -0.1) is 11.8 Å². The van der Waals surface area contributed by atoms with Crippen molar-refractivity contribution < 1.29 is 4.74 Å². The second-order valence-electron chi connectivity index (χ2n) is 5.22. The van der Waals surface area contributed by atoms with E-state index in [0.29, 0.717) is 11.3 Å². The lowest BCUT2D eigenvalue weighted by Crippen LogP contribution is -2.22. The van der Waals surface area contributed by atoms with Crippen molar-refractivity contribution in [3.8, 4) is 0 Å². The van der Waals surface area contributed by atoms with E-state index in [0.717, 1.165) is 37.6 Å². The SMILES string of the molecule is CC(C)NCc1ccc(SC2CCOCC2)cc1Cl. The summed E-state index contributed by atoms with van der Waals surface area (Å²) in [5, 5.41) is 4.93. The quantitative estimate of drug-likeness (QED) is 0.884. The van der Waals surface area contributed by atoms with Crippen LogP contribution in [0, 0.1) is 0 Å². The number of hydrogen-bond acceptors (Lipinski definition) is 3. The molecule has 0 unspecified atom stereocenters. The summed E-state index contributed by atoms with van der Waals surface area (Å²) < 4.78 is 5.39. The van der Waals surface area contributed by atoms with Gasteiger partial charge in [-0.25, -0.2) is 0 Å². The highest BCUT2D eigenvalue weighted by Gasteiger charge is 2.15. The molecule has 1 aliphatic rings. The predicted octanol–water partition coefficient (Wildman–Crippen LogP) is 4.11. The first-order valence-electron chi connectivity index (χ1n) is 6.91. The van der Waals surface area contributed by atoms with Crippen LogP contribution >= 0.6 is 23.4 Å². The molecule has 1 fully saturated rings. The summed E-state index contributed by atoms with van der Waals surface area (Å²) in [6, 6.07) is 6.90. The molecule has 1 aromatic carbocycles. The maximum atomic E-state index is 6.35. The molecule has 0 radical (unpaired) electrons. The molecule has 0 saturated carbocycles. The fourth-order valence-corrected chi connectivity index (χ4v) is 3.50. The fraction of sp³-hybridized carbons (Fsp3) is 0.600. The highest BCUT2D eigenvalue weighted by Crippen LogP contribution is 2.32. The Balaban J connectivity index is 1.93. The van der Waals surface area contributed by atoms with Crippen LogP contribution < -0.4 is 5.32 Å². The van der Waals surface area contributed by atoms with Crippen molar-refractivity contribution in [1.29, 1.82) is 0 Å². The van der Waals surface area contributed by atoms with Crippen molar-refractivity contribution in [3.63, 3.8) is 0 Å². The van der Waals surface area contributed by atoms with Gasteiger partial charge in [-0.1, -0.05) is 31.5 Å². The second-order valence-corrected chi connectivity index (χ2v) is 7.00. The number of benzene rings is 1. The van der Waals surface area contributed by atoms with Gasteiger partial charge in [-0.2, -0.15) is 0 Å². The molecular weight excluding hydrogens is 278 g/mol. The van der Waals surface area contributed by atoms with E-state index >= 15 is 0 Å². The van der Waals surface area contributed by atoms with Gasteiger partial charge in [0.1, 0.15) is 0 Å². The molecule has 2 nitrogen and oxygen atoms in total. The molecule has 1 aliphatic heterocycles. The first-order valence-corrected chi connectivity index (χ1v) is 8.17. The van der Waals surface area contributed by atoms with Crippen molar-refractivity contribution in [2.75, 3.05) is 13.2 Å². The van der Waals surface area contributed by atoms with Gasteiger partial charge in [0, 0.05) is 41.0 Å². The van der Waals surface area contributed by atoms with Crippen LogP contribution in [0.3, 0.4) is 0 Å². The monoisotopic (exact) mass is 299 g/mol. The number of hydrogen-bond donors (Lipinski definition) is 1. The average molecular weight is 300 g/mol. The highest BCUT2D eigenvalue weighted by atomic mass is 35.5. The highest BCUT2D eigenvalue weighted by molar-refractivity contribution is 8.00. The van der Waals surface area contributed by atoms with Crippen LogP contribution in [0.1, 0.15) is 32.3 Å². The third-order valence-corrected chi connectivity index (χ3v) is 4.88.